The van der Waals surface area contributed by atoms with Gasteiger partial charge in [-0.25, -0.2) is 8.42 Å². The Morgan fingerprint density at radius 2 is 1.50 bits per heavy atom. The molecule has 0 aliphatic heterocycles. The van der Waals surface area contributed by atoms with Crippen molar-refractivity contribution < 1.29 is 23.2 Å². The summed E-state index contributed by atoms with van der Waals surface area (Å²) in [4.78, 5) is 23.0. The number of carbonyl (C=O) groups is 1. The summed E-state index contributed by atoms with van der Waals surface area (Å²) in [5, 5.41) is 24.5. The lowest BCUT2D eigenvalue weighted by Crippen LogP contribution is -2.20. The van der Waals surface area contributed by atoms with Crippen LogP contribution in [0.1, 0.15) is 63.0 Å². The fraction of sp³-hybridized carbons (Fsp3) is 0.296. The first kappa shape index (κ1) is 28.9. The first-order chi connectivity index (χ1) is 17.4. The van der Waals surface area contributed by atoms with Crippen LogP contribution in [0.4, 0.5) is 17.1 Å². The number of amides is 1. The summed E-state index contributed by atoms with van der Waals surface area (Å²) < 4.78 is 29.2. The number of phenols is 1. The highest BCUT2D eigenvalue weighted by Crippen LogP contribution is 2.41. The molecule has 3 N–H and O–H groups in total. The first-order valence-corrected chi connectivity index (χ1v) is 13.5. The Kier molecular flexibility index (Phi) is 7.81. The van der Waals surface area contributed by atoms with Gasteiger partial charge in [0.1, 0.15) is 5.75 Å². The summed E-state index contributed by atoms with van der Waals surface area (Å²) in [6.07, 6.45) is 0. The van der Waals surface area contributed by atoms with Gasteiger partial charge in [0, 0.05) is 34.6 Å². The number of nitro groups is 1. The van der Waals surface area contributed by atoms with Crippen molar-refractivity contribution in [3.8, 4) is 5.75 Å². The maximum Gasteiger partial charge on any atom is 0.270 e. The van der Waals surface area contributed by atoms with E-state index in [1.807, 2.05) is 41.5 Å². The number of hydrogen-bond donors (Lipinski definition) is 3. The van der Waals surface area contributed by atoms with Gasteiger partial charge in [-0.15, -0.1) is 0 Å². The molecule has 11 heteroatoms. The smallest absolute Gasteiger partial charge is 0.270 e. The predicted octanol–water partition coefficient (Wildman–Crippen LogP) is 6.60. The van der Waals surface area contributed by atoms with Gasteiger partial charge in [-0.3, -0.25) is 19.6 Å². The molecule has 0 aliphatic carbocycles. The van der Waals surface area contributed by atoms with Gasteiger partial charge in [-0.05, 0) is 47.2 Å². The van der Waals surface area contributed by atoms with Crippen molar-refractivity contribution in [2.24, 2.45) is 0 Å². The van der Waals surface area contributed by atoms with Gasteiger partial charge in [0.05, 0.1) is 20.4 Å². The van der Waals surface area contributed by atoms with Crippen LogP contribution in [0.5, 0.6) is 5.75 Å². The number of aromatic hydroxyl groups is 1. The molecule has 0 radical (unpaired) electrons. The van der Waals surface area contributed by atoms with Crippen LogP contribution in [0.15, 0.2) is 59.5 Å². The fourth-order valence-corrected chi connectivity index (χ4v) is 5.08. The number of hydrogen-bond acceptors (Lipinski definition) is 6. The third kappa shape index (κ3) is 6.43. The molecule has 0 saturated heterocycles. The zero-order valence-electron chi connectivity index (χ0n) is 21.9. The second kappa shape index (κ2) is 10.3. The fourth-order valence-electron chi connectivity index (χ4n) is 3.79. The van der Waals surface area contributed by atoms with E-state index >= 15 is 0 Å². The average molecular weight is 560 g/mol. The number of benzene rings is 3. The SMILES string of the molecule is CC(C)(C)c1cc(NS(=O)(=O)c2cccc(NC(=O)c3cc([N+](=O)[O-])ccc3Cl)c2)cc(C(C)(C)C)c1O. The summed E-state index contributed by atoms with van der Waals surface area (Å²) in [7, 11) is -4.10. The van der Waals surface area contributed by atoms with Crippen LogP contribution in [0.25, 0.3) is 0 Å². The molecule has 3 aromatic carbocycles. The van der Waals surface area contributed by atoms with Gasteiger partial charge in [0.25, 0.3) is 21.6 Å². The third-order valence-corrected chi connectivity index (χ3v) is 7.49. The lowest BCUT2D eigenvalue weighted by Gasteiger charge is -2.28. The number of nitro benzene ring substituents is 1. The lowest BCUT2D eigenvalue weighted by atomic mass is 9.79. The molecule has 0 saturated carbocycles. The van der Waals surface area contributed by atoms with Crippen LogP contribution in [-0.4, -0.2) is 24.4 Å². The molecular weight excluding hydrogens is 530 g/mol. The topological polar surface area (TPSA) is 139 Å². The van der Waals surface area contributed by atoms with Crippen LogP contribution < -0.4 is 10.0 Å². The van der Waals surface area contributed by atoms with E-state index in [9.17, 15) is 28.4 Å². The van der Waals surface area contributed by atoms with E-state index < -0.39 is 31.7 Å². The highest BCUT2D eigenvalue weighted by molar-refractivity contribution is 7.92. The lowest BCUT2D eigenvalue weighted by molar-refractivity contribution is -0.384. The van der Waals surface area contributed by atoms with Crippen LogP contribution >= 0.6 is 11.6 Å². The molecule has 0 heterocycles. The number of nitrogens with zero attached hydrogens (tertiary/aromatic N) is 1. The molecule has 0 bridgehead atoms. The highest BCUT2D eigenvalue weighted by atomic mass is 35.5. The normalized spacial score (nSPS) is 12.2. The van der Waals surface area contributed by atoms with Crippen molar-refractivity contribution >= 4 is 44.6 Å². The van der Waals surface area contributed by atoms with Crippen molar-refractivity contribution in [1.82, 2.24) is 0 Å². The number of non-ortho nitro benzene ring substituents is 1. The van der Waals surface area contributed by atoms with Gasteiger partial charge in [-0.1, -0.05) is 59.2 Å². The van der Waals surface area contributed by atoms with E-state index in [0.717, 1.165) is 6.07 Å². The number of rotatable bonds is 6. The number of carbonyl (C=O) groups excluding carboxylic acids is 1. The number of halogens is 1. The van der Waals surface area contributed by atoms with Gasteiger partial charge in [0.15, 0.2) is 0 Å². The van der Waals surface area contributed by atoms with Crippen molar-refractivity contribution in [1.29, 1.82) is 0 Å². The molecular formula is C27H30ClN3O6S. The maximum absolute atomic E-state index is 13.3. The minimum Gasteiger partial charge on any atom is -0.507 e. The summed E-state index contributed by atoms with van der Waals surface area (Å²) in [5.41, 5.74) is 0.286. The number of nitrogens with one attached hydrogen (secondary N) is 2. The Bertz CT molecular complexity index is 1490. The Labute approximate surface area is 227 Å². The van der Waals surface area contributed by atoms with Crippen LogP contribution in [0.3, 0.4) is 0 Å². The Balaban J connectivity index is 1.95. The van der Waals surface area contributed by atoms with Crippen LogP contribution in [-0.2, 0) is 20.9 Å². The predicted molar refractivity (Wildman–Crippen MR) is 149 cm³/mol. The second-order valence-corrected chi connectivity index (χ2v) is 13.0. The van der Waals surface area contributed by atoms with E-state index in [1.54, 1.807) is 12.1 Å². The van der Waals surface area contributed by atoms with Gasteiger partial charge >= 0.3 is 0 Å². The van der Waals surface area contributed by atoms with Gasteiger partial charge in [-0.2, -0.15) is 0 Å². The molecule has 0 aliphatic rings. The van der Waals surface area contributed by atoms with E-state index in [0.29, 0.717) is 11.1 Å². The third-order valence-electron chi connectivity index (χ3n) is 5.79. The van der Waals surface area contributed by atoms with Gasteiger partial charge in [0.2, 0.25) is 0 Å². The van der Waals surface area contributed by atoms with E-state index in [-0.39, 0.29) is 38.3 Å². The largest absolute Gasteiger partial charge is 0.507 e. The van der Waals surface area contributed by atoms with Crippen LogP contribution in [0, 0.1) is 10.1 Å². The molecule has 3 aromatic rings. The summed E-state index contributed by atoms with van der Waals surface area (Å²) in [5.74, 6) is -0.609. The Morgan fingerprint density at radius 1 is 0.921 bits per heavy atom. The average Bonchev–Trinajstić information content (AvgIpc) is 2.78. The van der Waals surface area contributed by atoms with E-state index in [2.05, 4.69) is 10.0 Å². The standard InChI is InChI=1S/C27H30ClN3O6S/c1-26(2,3)21-13-17(14-22(24(21)32)27(4,5)6)30-38(36,37)19-9-7-8-16(12-19)29-25(33)20-15-18(31(34)35)10-11-23(20)28/h7-15,30,32H,1-6H3,(H,29,33). The van der Waals surface area contributed by atoms with E-state index in [4.69, 9.17) is 11.6 Å². The maximum atomic E-state index is 13.3. The zero-order chi connectivity index (χ0) is 28.6. The van der Waals surface area contributed by atoms with Crippen LogP contribution in [0.2, 0.25) is 5.02 Å². The summed E-state index contributed by atoms with van der Waals surface area (Å²) in [6, 6.07) is 12.3. The molecule has 3 rings (SSSR count). The molecule has 0 fully saturated rings. The molecule has 0 aromatic heterocycles. The number of phenolic OH excluding ortho intramolecular Hbond substituents is 1. The molecule has 202 valence electrons. The summed E-state index contributed by atoms with van der Waals surface area (Å²) >= 11 is 6.05. The van der Waals surface area contributed by atoms with Crippen molar-refractivity contribution in [3.63, 3.8) is 0 Å². The summed E-state index contributed by atoms with van der Waals surface area (Å²) in [6.45, 7) is 11.5. The molecule has 0 atom stereocenters. The molecule has 38 heavy (non-hydrogen) atoms. The van der Waals surface area contributed by atoms with Crippen molar-refractivity contribution in [2.45, 2.75) is 57.3 Å². The van der Waals surface area contributed by atoms with Gasteiger partial charge < -0.3 is 10.4 Å². The molecule has 1 amide bonds. The highest BCUT2D eigenvalue weighted by Gasteiger charge is 2.28. The first-order valence-electron chi connectivity index (χ1n) is 11.7. The number of anilines is 2. The minimum absolute atomic E-state index is 0.00942. The quantitative estimate of drug-likeness (QED) is 0.176. The van der Waals surface area contributed by atoms with Crippen molar-refractivity contribution in [3.05, 3.63) is 86.4 Å². The molecule has 0 unspecified atom stereocenters. The molecule has 9 nitrogen and oxygen atoms in total. The minimum atomic E-state index is -4.10. The Hall–Kier alpha value is -3.63. The van der Waals surface area contributed by atoms with E-state index in [1.165, 1.54) is 36.4 Å². The second-order valence-electron chi connectivity index (χ2n) is 10.9. The zero-order valence-corrected chi connectivity index (χ0v) is 23.5. The molecule has 0 spiro atoms. The monoisotopic (exact) mass is 559 g/mol. The van der Waals surface area contributed by atoms with Crippen molar-refractivity contribution in [2.75, 3.05) is 10.0 Å². The Morgan fingerprint density at radius 3 is 2.03 bits per heavy atom. The number of sulfonamides is 1.